The summed E-state index contributed by atoms with van der Waals surface area (Å²) < 4.78 is 0. The van der Waals surface area contributed by atoms with Crippen LogP contribution in [-0.4, -0.2) is 42.5 Å². The average molecular weight is 255 g/mol. The van der Waals surface area contributed by atoms with Gasteiger partial charge in [-0.2, -0.15) is 0 Å². The fraction of sp³-hybridized carbons (Fsp3) is 0.929. The first-order valence-corrected chi connectivity index (χ1v) is 7.25. The van der Waals surface area contributed by atoms with E-state index in [9.17, 15) is 4.79 Å². The second-order valence-corrected chi connectivity index (χ2v) is 5.92. The summed E-state index contributed by atoms with van der Waals surface area (Å²) in [6, 6.07) is 0.725. The molecular formula is C14H29N3O. The maximum absolute atomic E-state index is 11.6. The lowest BCUT2D eigenvalue weighted by atomic mass is 9.97. The number of rotatable bonds is 6. The van der Waals surface area contributed by atoms with Crippen LogP contribution >= 0.6 is 0 Å². The zero-order valence-electron chi connectivity index (χ0n) is 12.1. The van der Waals surface area contributed by atoms with Crippen LogP contribution in [0.15, 0.2) is 0 Å². The Balaban J connectivity index is 2.20. The highest BCUT2D eigenvalue weighted by atomic mass is 16.1. The van der Waals surface area contributed by atoms with E-state index in [1.807, 2.05) is 6.92 Å². The van der Waals surface area contributed by atoms with Gasteiger partial charge in [0, 0.05) is 31.6 Å². The van der Waals surface area contributed by atoms with Crippen molar-refractivity contribution >= 4 is 5.91 Å². The van der Waals surface area contributed by atoms with E-state index in [0.29, 0.717) is 18.4 Å². The number of nitrogens with two attached hydrogens (primary N) is 1. The molecule has 1 aliphatic heterocycles. The molecule has 2 atom stereocenters. The van der Waals surface area contributed by atoms with Crippen LogP contribution in [0.4, 0.5) is 0 Å². The molecule has 0 aliphatic carbocycles. The SMILES string of the molecule is CC(N)CCC(=O)NCC1CCCN(C(C)C)C1. The Morgan fingerprint density at radius 3 is 2.78 bits per heavy atom. The van der Waals surface area contributed by atoms with Gasteiger partial charge in [-0.25, -0.2) is 0 Å². The van der Waals surface area contributed by atoms with Crippen LogP contribution in [0.1, 0.15) is 46.5 Å². The first-order valence-electron chi connectivity index (χ1n) is 7.25. The largest absolute Gasteiger partial charge is 0.356 e. The van der Waals surface area contributed by atoms with Crippen LogP contribution in [0.5, 0.6) is 0 Å². The van der Waals surface area contributed by atoms with Gasteiger partial charge in [0.1, 0.15) is 0 Å². The number of likely N-dealkylation sites (tertiary alicyclic amines) is 1. The number of hydrogen-bond acceptors (Lipinski definition) is 3. The topological polar surface area (TPSA) is 58.4 Å². The predicted octanol–water partition coefficient (Wildman–Crippen LogP) is 1.35. The fourth-order valence-corrected chi connectivity index (χ4v) is 2.44. The van der Waals surface area contributed by atoms with Gasteiger partial charge in [-0.05, 0) is 52.5 Å². The predicted molar refractivity (Wildman–Crippen MR) is 75.3 cm³/mol. The van der Waals surface area contributed by atoms with Gasteiger partial charge >= 0.3 is 0 Å². The van der Waals surface area contributed by atoms with E-state index < -0.39 is 0 Å². The molecule has 1 heterocycles. The van der Waals surface area contributed by atoms with Gasteiger partial charge in [-0.3, -0.25) is 4.79 Å². The third kappa shape index (κ3) is 5.83. The quantitative estimate of drug-likeness (QED) is 0.753. The molecule has 0 bridgehead atoms. The van der Waals surface area contributed by atoms with Gasteiger partial charge < -0.3 is 16.0 Å². The van der Waals surface area contributed by atoms with Crippen molar-refractivity contribution in [3.63, 3.8) is 0 Å². The minimum atomic E-state index is 0.113. The Morgan fingerprint density at radius 1 is 1.44 bits per heavy atom. The third-order valence-electron chi connectivity index (χ3n) is 3.70. The molecule has 0 aromatic heterocycles. The molecule has 1 aliphatic rings. The van der Waals surface area contributed by atoms with Crippen molar-refractivity contribution in [2.45, 2.75) is 58.5 Å². The number of hydrogen-bond donors (Lipinski definition) is 2. The summed E-state index contributed by atoms with van der Waals surface area (Å²) in [5.41, 5.74) is 5.64. The molecule has 4 heteroatoms. The van der Waals surface area contributed by atoms with Gasteiger partial charge in [0.15, 0.2) is 0 Å². The molecule has 1 saturated heterocycles. The Kier molecular flexibility index (Phi) is 6.65. The number of carbonyl (C=O) groups excluding carboxylic acids is 1. The van der Waals surface area contributed by atoms with Gasteiger partial charge in [-0.1, -0.05) is 0 Å². The van der Waals surface area contributed by atoms with Gasteiger partial charge in [-0.15, -0.1) is 0 Å². The highest BCUT2D eigenvalue weighted by Gasteiger charge is 2.21. The summed E-state index contributed by atoms with van der Waals surface area (Å²) >= 11 is 0. The first kappa shape index (κ1) is 15.4. The van der Waals surface area contributed by atoms with Crippen molar-refractivity contribution in [3.05, 3.63) is 0 Å². The van der Waals surface area contributed by atoms with E-state index in [0.717, 1.165) is 19.5 Å². The highest BCUT2D eigenvalue weighted by molar-refractivity contribution is 5.75. The summed E-state index contributed by atoms with van der Waals surface area (Å²) in [5, 5.41) is 3.05. The smallest absolute Gasteiger partial charge is 0.220 e. The summed E-state index contributed by atoms with van der Waals surface area (Å²) in [4.78, 5) is 14.1. The van der Waals surface area contributed by atoms with Crippen molar-refractivity contribution in [3.8, 4) is 0 Å². The minimum Gasteiger partial charge on any atom is -0.356 e. The number of piperidine rings is 1. The molecule has 0 radical (unpaired) electrons. The van der Waals surface area contributed by atoms with Crippen molar-refractivity contribution in [2.24, 2.45) is 11.7 Å². The van der Waals surface area contributed by atoms with E-state index in [2.05, 4.69) is 24.1 Å². The lowest BCUT2D eigenvalue weighted by molar-refractivity contribution is -0.121. The maximum Gasteiger partial charge on any atom is 0.220 e. The minimum absolute atomic E-state index is 0.113. The van der Waals surface area contributed by atoms with Crippen molar-refractivity contribution in [2.75, 3.05) is 19.6 Å². The first-order chi connectivity index (χ1) is 8.49. The molecule has 0 saturated carbocycles. The standard InChI is InChI=1S/C14H29N3O/c1-11(2)17-8-4-5-13(10-17)9-16-14(18)7-6-12(3)15/h11-13H,4-10,15H2,1-3H3,(H,16,18). The maximum atomic E-state index is 11.6. The Hall–Kier alpha value is -0.610. The summed E-state index contributed by atoms with van der Waals surface area (Å²) in [6.07, 6.45) is 3.81. The summed E-state index contributed by atoms with van der Waals surface area (Å²) in [5.74, 6) is 0.759. The zero-order valence-corrected chi connectivity index (χ0v) is 12.1. The van der Waals surface area contributed by atoms with Gasteiger partial charge in [0.05, 0.1) is 0 Å². The molecule has 106 valence electrons. The third-order valence-corrected chi connectivity index (χ3v) is 3.70. The van der Waals surface area contributed by atoms with Crippen molar-refractivity contribution < 1.29 is 4.79 Å². The number of nitrogens with one attached hydrogen (secondary N) is 1. The second-order valence-electron chi connectivity index (χ2n) is 5.92. The molecule has 2 unspecified atom stereocenters. The molecule has 0 aromatic rings. The van der Waals surface area contributed by atoms with Crippen LogP contribution < -0.4 is 11.1 Å². The van der Waals surface area contributed by atoms with Crippen LogP contribution in [0.25, 0.3) is 0 Å². The van der Waals surface area contributed by atoms with Crippen LogP contribution in [0.3, 0.4) is 0 Å². The number of carbonyl (C=O) groups is 1. The monoisotopic (exact) mass is 255 g/mol. The summed E-state index contributed by atoms with van der Waals surface area (Å²) in [7, 11) is 0. The van der Waals surface area contributed by atoms with E-state index >= 15 is 0 Å². The molecule has 1 fully saturated rings. The lowest BCUT2D eigenvalue weighted by Gasteiger charge is -2.35. The van der Waals surface area contributed by atoms with Crippen LogP contribution in [0, 0.1) is 5.92 Å². The van der Waals surface area contributed by atoms with E-state index in [-0.39, 0.29) is 11.9 Å². The Labute approximate surface area is 111 Å². The van der Waals surface area contributed by atoms with Gasteiger partial charge in [0.25, 0.3) is 0 Å². The number of amides is 1. The molecule has 3 N–H and O–H groups in total. The molecule has 1 rings (SSSR count). The highest BCUT2D eigenvalue weighted by Crippen LogP contribution is 2.17. The normalized spacial score (nSPS) is 23.1. The molecule has 0 aromatic carbocycles. The molecule has 18 heavy (non-hydrogen) atoms. The van der Waals surface area contributed by atoms with Crippen molar-refractivity contribution in [1.82, 2.24) is 10.2 Å². The average Bonchev–Trinajstić information content (AvgIpc) is 2.34. The fourth-order valence-electron chi connectivity index (χ4n) is 2.44. The van der Waals surface area contributed by atoms with Crippen LogP contribution in [-0.2, 0) is 4.79 Å². The summed E-state index contributed by atoms with van der Waals surface area (Å²) in [6.45, 7) is 9.56. The Bertz CT molecular complexity index is 253. The van der Waals surface area contributed by atoms with Crippen molar-refractivity contribution in [1.29, 1.82) is 0 Å². The molecule has 0 spiro atoms. The van der Waals surface area contributed by atoms with Crippen LogP contribution in [0.2, 0.25) is 0 Å². The van der Waals surface area contributed by atoms with E-state index in [1.54, 1.807) is 0 Å². The molecular weight excluding hydrogens is 226 g/mol. The molecule has 4 nitrogen and oxygen atoms in total. The Morgan fingerprint density at radius 2 is 2.17 bits per heavy atom. The lowest BCUT2D eigenvalue weighted by Crippen LogP contribution is -2.43. The second kappa shape index (κ2) is 7.74. The van der Waals surface area contributed by atoms with E-state index in [4.69, 9.17) is 5.73 Å². The van der Waals surface area contributed by atoms with E-state index in [1.165, 1.54) is 19.4 Å². The molecule has 1 amide bonds. The van der Waals surface area contributed by atoms with Gasteiger partial charge in [0.2, 0.25) is 5.91 Å². The number of nitrogens with zero attached hydrogens (tertiary/aromatic N) is 1. The zero-order chi connectivity index (χ0) is 13.5.